The SMILES string of the molecule is CC[C@H](C)[C@H](N)C(=O)O.NCCCC[C@H](N)C(=O)O. The fraction of sp³-hybridized carbons (Fsp3) is 0.833. The third kappa shape index (κ3) is 11.6. The summed E-state index contributed by atoms with van der Waals surface area (Å²) in [7, 11) is 0. The van der Waals surface area contributed by atoms with Gasteiger partial charge in [0, 0.05) is 0 Å². The predicted molar refractivity (Wildman–Crippen MR) is 73.6 cm³/mol. The van der Waals surface area contributed by atoms with Crippen LogP contribution in [0.2, 0.25) is 0 Å². The van der Waals surface area contributed by atoms with E-state index in [1.54, 1.807) is 0 Å². The summed E-state index contributed by atoms with van der Waals surface area (Å²) in [5.74, 6) is -1.77. The van der Waals surface area contributed by atoms with Crippen molar-refractivity contribution in [2.24, 2.45) is 23.1 Å². The van der Waals surface area contributed by atoms with Crippen LogP contribution in [0.3, 0.4) is 0 Å². The lowest BCUT2D eigenvalue weighted by Gasteiger charge is -2.11. The van der Waals surface area contributed by atoms with Crippen LogP contribution in [0.15, 0.2) is 0 Å². The van der Waals surface area contributed by atoms with E-state index in [2.05, 4.69) is 0 Å². The van der Waals surface area contributed by atoms with Gasteiger partial charge in [-0.2, -0.15) is 0 Å². The number of hydrogen-bond donors (Lipinski definition) is 5. The van der Waals surface area contributed by atoms with Gasteiger partial charge in [0.2, 0.25) is 0 Å². The first-order valence-electron chi connectivity index (χ1n) is 6.44. The Balaban J connectivity index is 0. The van der Waals surface area contributed by atoms with Crippen molar-refractivity contribution in [1.82, 2.24) is 0 Å². The molecule has 0 fully saturated rings. The smallest absolute Gasteiger partial charge is 0.320 e. The van der Waals surface area contributed by atoms with Crippen molar-refractivity contribution in [3.8, 4) is 0 Å². The molecule has 0 amide bonds. The highest BCUT2D eigenvalue weighted by Gasteiger charge is 2.17. The molecule has 0 aliphatic carbocycles. The molecule has 0 saturated carbocycles. The Morgan fingerprint density at radius 1 is 1.11 bits per heavy atom. The zero-order valence-corrected chi connectivity index (χ0v) is 11.7. The molecule has 7 heteroatoms. The quantitative estimate of drug-likeness (QED) is 0.390. The van der Waals surface area contributed by atoms with Crippen LogP contribution >= 0.6 is 0 Å². The van der Waals surface area contributed by atoms with Crippen molar-refractivity contribution in [3.05, 3.63) is 0 Å². The average molecular weight is 277 g/mol. The fourth-order valence-electron chi connectivity index (χ4n) is 1.13. The first kappa shape index (κ1) is 20.1. The van der Waals surface area contributed by atoms with E-state index in [1.807, 2.05) is 13.8 Å². The Bertz CT molecular complexity index is 261. The molecule has 7 nitrogen and oxygen atoms in total. The van der Waals surface area contributed by atoms with E-state index in [4.69, 9.17) is 27.4 Å². The maximum absolute atomic E-state index is 10.2. The molecule has 0 aromatic carbocycles. The van der Waals surface area contributed by atoms with Crippen molar-refractivity contribution >= 4 is 11.9 Å². The van der Waals surface area contributed by atoms with E-state index in [0.29, 0.717) is 13.0 Å². The van der Waals surface area contributed by atoms with Gasteiger partial charge in [0.1, 0.15) is 12.1 Å². The van der Waals surface area contributed by atoms with Crippen LogP contribution in [0.25, 0.3) is 0 Å². The van der Waals surface area contributed by atoms with Gasteiger partial charge in [-0.3, -0.25) is 9.59 Å². The monoisotopic (exact) mass is 277 g/mol. The molecule has 0 radical (unpaired) electrons. The summed E-state index contributed by atoms with van der Waals surface area (Å²) in [6, 6.07) is -1.42. The van der Waals surface area contributed by atoms with Crippen LogP contribution in [0.5, 0.6) is 0 Å². The zero-order chi connectivity index (χ0) is 15.4. The number of carboxylic acid groups (broad SMARTS) is 2. The lowest BCUT2D eigenvalue weighted by Crippen LogP contribution is -2.36. The highest BCUT2D eigenvalue weighted by atomic mass is 16.4. The molecule has 8 N–H and O–H groups in total. The largest absolute Gasteiger partial charge is 0.480 e. The van der Waals surface area contributed by atoms with E-state index >= 15 is 0 Å². The maximum atomic E-state index is 10.2. The highest BCUT2D eigenvalue weighted by molar-refractivity contribution is 5.73. The summed E-state index contributed by atoms with van der Waals surface area (Å²) in [6.07, 6.45) is 2.98. The van der Waals surface area contributed by atoms with Crippen molar-refractivity contribution in [1.29, 1.82) is 0 Å². The van der Waals surface area contributed by atoms with Gasteiger partial charge in [0.25, 0.3) is 0 Å². The van der Waals surface area contributed by atoms with Gasteiger partial charge in [0.15, 0.2) is 0 Å². The molecule has 114 valence electrons. The number of rotatable bonds is 8. The Morgan fingerprint density at radius 3 is 1.89 bits per heavy atom. The molecule has 0 rings (SSSR count). The van der Waals surface area contributed by atoms with E-state index in [9.17, 15) is 9.59 Å². The number of carbonyl (C=O) groups is 2. The van der Waals surface area contributed by atoms with Crippen molar-refractivity contribution in [2.75, 3.05) is 6.54 Å². The summed E-state index contributed by atoms with van der Waals surface area (Å²) in [6.45, 7) is 4.36. The van der Waals surface area contributed by atoms with E-state index < -0.39 is 24.0 Å². The normalized spacial score (nSPS) is 14.8. The van der Waals surface area contributed by atoms with Gasteiger partial charge in [-0.1, -0.05) is 26.7 Å². The number of nitrogens with two attached hydrogens (primary N) is 3. The van der Waals surface area contributed by atoms with Gasteiger partial charge in [-0.05, 0) is 25.3 Å². The third-order valence-corrected chi connectivity index (χ3v) is 2.83. The summed E-state index contributed by atoms with van der Waals surface area (Å²) in [5.41, 5.74) is 15.7. The van der Waals surface area contributed by atoms with Gasteiger partial charge in [-0.15, -0.1) is 0 Å². The number of carboxylic acids is 2. The minimum absolute atomic E-state index is 0.0718. The Hall–Kier alpha value is -1.18. The molecule has 0 aliphatic rings. The number of aliphatic carboxylic acids is 2. The van der Waals surface area contributed by atoms with Crippen LogP contribution in [0, 0.1) is 5.92 Å². The molecule has 0 heterocycles. The van der Waals surface area contributed by atoms with E-state index in [1.165, 1.54) is 0 Å². The van der Waals surface area contributed by atoms with Crippen molar-refractivity contribution in [3.63, 3.8) is 0 Å². The molecule has 0 unspecified atom stereocenters. The number of hydrogen-bond acceptors (Lipinski definition) is 5. The summed E-state index contributed by atoms with van der Waals surface area (Å²) in [4.78, 5) is 20.3. The molecule has 0 aliphatic heterocycles. The number of unbranched alkanes of at least 4 members (excludes halogenated alkanes) is 1. The third-order valence-electron chi connectivity index (χ3n) is 2.83. The molecular weight excluding hydrogens is 250 g/mol. The Kier molecular flexibility index (Phi) is 12.6. The van der Waals surface area contributed by atoms with Crippen LogP contribution in [0.1, 0.15) is 39.5 Å². The predicted octanol–water partition coefficient (Wildman–Crippen LogP) is -0.0283. The summed E-state index contributed by atoms with van der Waals surface area (Å²) in [5, 5.41) is 16.7. The van der Waals surface area contributed by atoms with Gasteiger partial charge >= 0.3 is 11.9 Å². The molecule has 3 atom stereocenters. The standard InChI is InChI=1S/C6H14N2O2.C6H13NO2/c7-4-2-1-3-5(8)6(9)10;1-3-4(2)5(7)6(8)9/h5H,1-4,7-8H2,(H,9,10);4-5H,3,7H2,1-2H3,(H,8,9)/t5-;4-,5-/m00/s1. The Labute approximate surface area is 114 Å². The molecule has 0 spiro atoms. The molecule has 0 bridgehead atoms. The van der Waals surface area contributed by atoms with Gasteiger partial charge in [0.05, 0.1) is 0 Å². The van der Waals surface area contributed by atoms with Crippen LogP contribution in [0.4, 0.5) is 0 Å². The van der Waals surface area contributed by atoms with Gasteiger partial charge < -0.3 is 27.4 Å². The lowest BCUT2D eigenvalue weighted by molar-refractivity contribution is -0.140. The first-order chi connectivity index (χ1) is 8.77. The molecule has 0 aromatic rings. The van der Waals surface area contributed by atoms with Crippen molar-refractivity contribution < 1.29 is 19.8 Å². The molecule has 19 heavy (non-hydrogen) atoms. The Morgan fingerprint density at radius 2 is 1.63 bits per heavy atom. The summed E-state index contributed by atoms with van der Waals surface area (Å²) >= 11 is 0. The maximum Gasteiger partial charge on any atom is 0.320 e. The average Bonchev–Trinajstić information content (AvgIpc) is 2.37. The second kappa shape index (κ2) is 11.9. The van der Waals surface area contributed by atoms with E-state index in [-0.39, 0.29) is 5.92 Å². The second-order valence-electron chi connectivity index (χ2n) is 4.48. The minimum atomic E-state index is -0.933. The van der Waals surface area contributed by atoms with Crippen LogP contribution < -0.4 is 17.2 Å². The lowest BCUT2D eigenvalue weighted by atomic mass is 10.0. The van der Waals surface area contributed by atoms with Gasteiger partial charge in [-0.25, -0.2) is 0 Å². The molecular formula is C12H27N3O4. The topological polar surface area (TPSA) is 153 Å². The second-order valence-corrected chi connectivity index (χ2v) is 4.48. The van der Waals surface area contributed by atoms with E-state index in [0.717, 1.165) is 19.3 Å². The highest BCUT2D eigenvalue weighted by Crippen LogP contribution is 2.04. The van der Waals surface area contributed by atoms with Crippen LogP contribution in [-0.4, -0.2) is 40.8 Å². The molecule has 0 saturated heterocycles. The van der Waals surface area contributed by atoms with Crippen LogP contribution in [-0.2, 0) is 9.59 Å². The van der Waals surface area contributed by atoms with Crippen molar-refractivity contribution in [2.45, 2.75) is 51.6 Å². The zero-order valence-electron chi connectivity index (χ0n) is 11.7. The molecule has 0 aromatic heterocycles. The summed E-state index contributed by atoms with van der Waals surface area (Å²) < 4.78 is 0. The minimum Gasteiger partial charge on any atom is -0.480 e. The fourth-order valence-corrected chi connectivity index (χ4v) is 1.13. The first-order valence-corrected chi connectivity index (χ1v) is 6.44.